The molecule has 0 aliphatic rings. The van der Waals surface area contributed by atoms with E-state index >= 15 is 0 Å². The number of aryl methyl sites for hydroxylation is 1. The lowest BCUT2D eigenvalue weighted by atomic mass is 10.0. The maximum Gasteiger partial charge on any atom is 0.170 e. The van der Waals surface area contributed by atoms with E-state index in [0.29, 0.717) is 24.2 Å². The summed E-state index contributed by atoms with van der Waals surface area (Å²) in [7, 11) is 0. The van der Waals surface area contributed by atoms with E-state index in [4.69, 9.17) is 4.74 Å². The summed E-state index contributed by atoms with van der Waals surface area (Å²) >= 11 is 0. The van der Waals surface area contributed by atoms with Crippen molar-refractivity contribution in [1.29, 1.82) is 0 Å². The Morgan fingerprint density at radius 2 is 1.59 bits per heavy atom. The quantitative estimate of drug-likeness (QED) is 0.340. The molecule has 0 amide bonds. The SMILES string of the molecule is CCCCCCC(F)COc1cnc(-c2ccc(CCCCC)c(F)c2F)nc1. The molecule has 2 aromatic rings. The molecule has 1 heterocycles. The van der Waals surface area contributed by atoms with Crippen molar-refractivity contribution in [1.82, 2.24) is 9.97 Å². The number of ether oxygens (including phenoxy) is 1. The molecule has 1 unspecified atom stereocenters. The van der Waals surface area contributed by atoms with Crippen molar-refractivity contribution in [3.05, 3.63) is 41.7 Å². The number of benzene rings is 1. The van der Waals surface area contributed by atoms with E-state index < -0.39 is 17.8 Å². The summed E-state index contributed by atoms with van der Waals surface area (Å²) in [5, 5.41) is 0. The zero-order valence-electron chi connectivity index (χ0n) is 17.4. The summed E-state index contributed by atoms with van der Waals surface area (Å²) in [5.74, 6) is -1.40. The molecular weight excluding hydrogens is 377 g/mol. The fourth-order valence-electron chi connectivity index (χ4n) is 3.11. The van der Waals surface area contributed by atoms with Gasteiger partial charge in [-0.3, -0.25) is 0 Å². The van der Waals surface area contributed by atoms with Crippen LogP contribution in [0.4, 0.5) is 13.2 Å². The summed E-state index contributed by atoms with van der Waals surface area (Å²) in [6, 6.07) is 3.09. The van der Waals surface area contributed by atoms with Crippen LogP contribution in [0.3, 0.4) is 0 Å². The molecule has 1 aromatic heterocycles. The van der Waals surface area contributed by atoms with E-state index in [9.17, 15) is 13.2 Å². The van der Waals surface area contributed by atoms with Gasteiger partial charge in [-0.05, 0) is 30.9 Å². The van der Waals surface area contributed by atoms with Gasteiger partial charge < -0.3 is 4.74 Å². The summed E-state index contributed by atoms with van der Waals surface area (Å²) < 4.78 is 48.0. The monoisotopic (exact) mass is 408 g/mol. The van der Waals surface area contributed by atoms with Gasteiger partial charge in [0.15, 0.2) is 23.2 Å². The van der Waals surface area contributed by atoms with Crippen LogP contribution in [0.1, 0.15) is 70.8 Å². The smallest absolute Gasteiger partial charge is 0.170 e. The van der Waals surface area contributed by atoms with E-state index in [1.807, 2.05) is 0 Å². The first-order chi connectivity index (χ1) is 14.1. The Balaban J connectivity index is 1.93. The zero-order chi connectivity index (χ0) is 21.1. The minimum atomic E-state index is -1.04. The molecule has 3 nitrogen and oxygen atoms in total. The van der Waals surface area contributed by atoms with Gasteiger partial charge in [-0.2, -0.15) is 0 Å². The van der Waals surface area contributed by atoms with Crippen molar-refractivity contribution in [2.24, 2.45) is 0 Å². The van der Waals surface area contributed by atoms with Crippen LogP contribution in [-0.4, -0.2) is 22.7 Å². The molecular formula is C23H31F3N2O. The predicted octanol–water partition coefficient (Wildman–Crippen LogP) is 6.84. The molecule has 0 spiro atoms. The van der Waals surface area contributed by atoms with E-state index in [0.717, 1.165) is 44.9 Å². The highest BCUT2D eigenvalue weighted by atomic mass is 19.2. The van der Waals surface area contributed by atoms with Gasteiger partial charge >= 0.3 is 0 Å². The van der Waals surface area contributed by atoms with E-state index in [2.05, 4.69) is 23.8 Å². The van der Waals surface area contributed by atoms with Crippen LogP contribution >= 0.6 is 0 Å². The highest BCUT2D eigenvalue weighted by Gasteiger charge is 2.16. The van der Waals surface area contributed by atoms with Gasteiger partial charge in [0.2, 0.25) is 0 Å². The Morgan fingerprint density at radius 3 is 2.28 bits per heavy atom. The minimum absolute atomic E-state index is 0.00702. The Kier molecular flexibility index (Phi) is 9.95. The van der Waals surface area contributed by atoms with E-state index in [1.165, 1.54) is 18.5 Å². The number of rotatable bonds is 13. The van der Waals surface area contributed by atoms with Gasteiger partial charge in [-0.15, -0.1) is 0 Å². The number of alkyl halides is 1. The second kappa shape index (κ2) is 12.5. The number of aromatic nitrogens is 2. The standard InChI is InChI=1S/C23H31F3N2O/c1-3-5-7-9-11-18(24)16-29-19-14-27-23(28-15-19)20-13-12-17(10-8-6-4-2)21(25)22(20)26/h12-15,18H,3-11,16H2,1-2H3. The van der Waals surface area contributed by atoms with Crippen molar-refractivity contribution < 1.29 is 17.9 Å². The van der Waals surface area contributed by atoms with Crippen LogP contribution in [0.2, 0.25) is 0 Å². The average Bonchev–Trinajstić information content (AvgIpc) is 2.73. The summed E-state index contributed by atoms with van der Waals surface area (Å²) in [6.07, 6.45) is 9.56. The highest BCUT2D eigenvalue weighted by Crippen LogP contribution is 2.25. The van der Waals surface area contributed by atoms with Gasteiger partial charge in [0.05, 0.1) is 18.0 Å². The lowest BCUT2D eigenvalue weighted by molar-refractivity contribution is 0.183. The van der Waals surface area contributed by atoms with Crippen LogP contribution in [0.5, 0.6) is 5.75 Å². The molecule has 0 saturated carbocycles. The summed E-state index contributed by atoms with van der Waals surface area (Å²) in [6.45, 7) is 4.11. The molecule has 0 bridgehead atoms. The molecule has 160 valence electrons. The molecule has 1 atom stereocenters. The first-order valence-electron chi connectivity index (χ1n) is 10.6. The topological polar surface area (TPSA) is 35.0 Å². The van der Waals surface area contributed by atoms with Gasteiger partial charge in [0, 0.05) is 0 Å². The molecule has 0 N–H and O–H groups in total. The van der Waals surface area contributed by atoms with Crippen LogP contribution < -0.4 is 4.74 Å². The lowest BCUT2D eigenvalue weighted by Gasteiger charge is -2.11. The Bertz CT molecular complexity index is 738. The van der Waals surface area contributed by atoms with Crippen molar-refractivity contribution in [2.75, 3.05) is 6.61 Å². The van der Waals surface area contributed by atoms with Crippen LogP contribution in [-0.2, 0) is 6.42 Å². The largest absolute Gasteiger partial charge is 0.487 e. The molecule has 0 aliphatic carbocycles. The maximum atomic E-state index is 14.4. The summed E-state index contributed by atoms with van der Waals surface area (Å²) in [4.78, 5) is 8.11. The van der Waals surface area contributed by atoms with Crippen LogP contribution in [0, 0.1) is 11.6 Å². The third kappa shape index (κ3) is 7.33. The Hall–Kier alpha value is -2.11. The zero-order valence-corrected chi connectivity index (χ0v) is 17.4. The Morgan fingerprint density at radius 1 is 0.897 bits per heavy atom. The normalized spacial score (nSPS) is 12.2. The molecule has 2 rings (SSSR count). The van der Waals surface area contributed by atoms with Crippen molar-refractivity contribution in [2.45, 2.75) is 77.8 Å². The molecule has 0 aliphatic heterocycles. The van der Waals surface area contributed by atoms with Crippen molar-refractivity contribution in [3.63, 3.8) is 0 Å². The third-order valence-electron chi connectivity index (χ3n) is 4.88. The van der Waals surface area contributed by atoms with Crippen molar-refractivity contribution in [3.8, 4) is 17.1 Å². The van der Waals surface area contributed by atoms with E-state index in [-0.39, 0.29) is 18.0 Å². The van der Waals surface area contributed by atoms with Gasteiger partial charge in [-0.25, -0.2) is 23.1 Å². The molecule has 29 heavy (non-hydrogen) atoms. The second-order valence-corrected chi connectivity index (χ2v) is 7.36. The van der Waals surface area contributed by atoms with Gasteiger partial charge in [0.1, 0.15) is 12.8 Å². The highest BCUT2D eigenvalue weighted by molar-refractivity contribution is 5.57. The number of halogens is 3. The number of hydrogen-bond donors (Lipinski definition) is 0. The van der Waals surface area contributed by atoms with Gasteiger partial charge in [0.25, 0.3) is 0 Å². The summed E-state index contributed by atoms with van der Waals surface area (Å²) in [5.41, 5.74) is 0.375. The lowest BCUT2D eigenvalue weighted by Crippen LogP contribution is -2.13. The Labute approximate surface area is 171 Å². The fourth-order valence-corrected chi connectivity index (χ4v) is 3.11. The number of nitrogens with zero attached hydrogens (tertiary/aromatic N) is 2. The predicted molar refractivity (Wildman–Crippen MR) is 110 cm³/mol. The second-order valence-electron chi connectivity index (χ2n) is 7.36. The van der Waals surface area contributed by atoms with Gasteiger partial charge in [-0.1, -0.05) is 58.4 Å². The molecule has 0 saturated heterocycles. The molecule has 0 radical (unpaired) electrons. The molecule has 6 heteroatoms. The van der Waals surface area contributed by atoms with Crippen LogP contribution in [0.15, 0.2) is 24.5 Å². The van der Waals surface area contributed by atoms with Crippen LogP contribution in [0.25, 0.3) is 11.4 Å². The fraction of sp³-hybridized carbons (Fsp3) is 0.565. The van der Waals surface area contributed by atoms with Crippen molar-refractivity contribution >= 4 is 0 Å². The molecule has 0 fully saturated rings. The third-order valence-corrected chi connectivity index (χ3v) is 4.88. The first kappa shape index (κ1) is 23.2. The minimum Gasteiger partial charge on any atom is -0.487 e. The molecule has 1 aromatic carbocycles. The average molecular weight is 409 g/mol. The van der Waals surface area contributed by atoms with E-state index in [1.54, 1.807) is 6.07 Å². The first-order valence-corrected chi connectivity index (χ1v) is 10.6. The number of unbranched alkanes of at least 4 members (excludes halogenated alkanes) is 5. The maximum absolute atomic E-state index is 14.4. The number of hydrogen-bond acceptors (Lipinski definition) is 3.